The number of nitrogens with one attached hydrogen (secondary N) is 1. The van der Waals surface area contributed by atoms with E-state index in [4.69, 9.17) is 21.1 Å². The maximum absolute atomic E-state index is 12.4. The van der Waals surface area contributed by atoms with Gasteiger partial charge in [0.15, 0.2) is 6.61 Å². The van der Waals surface area contributed by atoms with E-state index >= 15 is 0 Å². The summed E-state index contributed by atoms with van der Waals surface area (Å²) in [6, 6.07) is 12.9. The van der Waals surface area contributed by atoms with Gasteiger partial charge in [0.25, 0.3) is 5.91 Å². The fourth-order valence-corrected chi connectivity index (χ4v) is 3.35. The van der Waals surface area contributed by atoms with E-state index in [1.165, 1.54) is 0 Å². The van der Waals surface area contributed by atoms with E-state index in [1.54, 1.807) is 25.3 Å². The van der Waals surface area contributed by atoms with Gasteiger partial charge in [0.1, 0.15) is 11.5 Å². The Morgan fingerprint density at radius 1 is 1.19 bits per heavy atom. The molecular weight excluding hydrogens is 418 g/mol. The van der Waals surface area contributed by atoms with E-state index in [2.05, 4.69) is 35.1 Å². The van der Waals surface area contributed by atoms with E-state index < -0.39 is 0 Å². The average Bonchev–Trinajstić information content (AvgIpc) is 2.60. The van der Waals surface area contributed by atoms with Gasteiger partial charge in [-0.2, -0.15) is 0 Å². The van der Waals surface area contributed by atoms with Gasteiger partial charge in [0.05, 0.1) is 17.6 Å². The number of hydrogen-bond donors (Lipinski definition) is 1. The maximum Gasteiger partial charge on any atom is 0.258 e. The second-order valence-electron chi connectivity index (χ2n) is 6.39. The van der Waals surface area contributed by atoms with E-state index in [1.807, 2.05) is 24.3 Å². The van der Waals surface area contributed by atoms with Gasteiger partial charge >= 0.3 is 0 Å². The molecule has 1 unspecified atom stereocenters. The molecule has 1 N–H and O–H groups in total. The first kappa shape index (κ1) is 20.6. The van der Waals surface area contributed by atoms with Crippen molar-refractivity contribution in [2.24, 2.45) is 5.92 Å². The van der Waals surface area contributed by atoms with Crippen molar-refractivity contribution in [3.05, 3.63) is 57.5 Å². The molecule has 0 aliphatic rings. The normalized spacial score (nSPS) is 11.9. The Kier molecular flexibility index (Phi) is 7.79. The van der Waals surface area contributed by atoms with Crippen molar-refractivity contribution in [3.63, 3.8) is 0 Å². The molecule has 0 heterocycles. The molecule has 6 heteroatoms. The minimum Gasteiger partial charge on any atom is -0.497 e. The molecule has 2 rings (SSSR count). The van der Waals surface area contributed by atoms with E-state index in [0.29, 0.717) is 21.2 Å². The molecule has 0 bridgehead atoms. The Morgan fingerprint density at radius 2 is 1.88 bits per heavy atom. The number of carbonyl (C=O) groups excluding carboxylic acids is 1. The third-order valence-electron chi connectivity index (χ3n) is 3.81. The fraction of sp³-hybridized carbons (Fsp3) is 0.350. The second-order valence-corrected chi connectivity index (χ2v) is 7.68. The maximum atomic E-state index is 12.4. The summed E-state index contributed by atoms with van der Waals surface area (Å²) < 4.78 is 11.5. The molecule has 1 atom stereocenters. The number of methoxy groups -OCH3 is 1. The van der Waals surface area contributed by atoms with Crippen LogP contribution in [0.2, 0.25) is 5.02 Å². The molecular formula is C20H23BrClNO3. The number of ether oxygens (including phenoxy) is 2. The number of benzene rings is 2. The molecule has 0 aliphatic heterocycles. The van der Waals surface area contributed by atoms with Crippen LogP contribution in [0.15, 0.2) is 46.9 Å². The third-order valence-corrected chi connectivity index (χ3v) is 4.67. The topological polar surface area (TPSA) is 47.6 Å². The number of carbonyl (C=O) groups is 1. The molecule has 0 aliphatic carbocycles. The smallest absolute Gasteiger partial charge is 0.258 e. The summed E-state index contributed by atoms with van der Waals surface area (Å²) in [6.45, 7) is 4.19. The Bertz CT molecular complexity index is 734. The number of halogens is 2. The van der Waals surface area contributed by atoms with Crippen LogP contribution in [0.3, 0.4) is 0 Å². The highest BCUT2D eigenvalue weighted by molar-refractivity contribution is 9.10. The lowest BCUT2D eigenvalue weighted by Crippen LogP contribution is -2.33. The molecule has 0 radical (unpaired) electrons. The monoisotopic (exact) mass is 439 g/mol. The predicted molar refractivity (Wildman–Crippen MR) is 108 cm³/mol. The highest BCUT2D eigenvalue weighted by Crippen LogP contribution is 2.28. The lowest BCUT2D eigenvalue weighted by atomic mass is 9.97. The van der Waals surface area contributed by atoms with Crippen molar-refractivity contribution in [3.8, 4) is 11.5 Å². The van der Waals surface area contributed by atoms with Crippen molar-refractivity contribution in [1.82, 2.24) is 5.32 Å². The molecule has 0 fully saturated rings. The van der Waals surface area contributed by atoms with Crippen molar-refractivity contribution >= 4 is 33.4 Å². The Labute approximate surface area is 168 Å². The molecule has 1 amide bonds. The predicted octanol–water partition coefficient (Wildman–Crippen LogP) is 5.39. The van der Waals surface area contributed by atoms with Crippen molar-refractivity contribution < 1.29 is 14.3 Å². The largest absolute Gasteiger partial charge is 0.497 e. The molecule has 0 aromatic heterocycles. The van der Waals surface area contributed by atoms with Crippen LogP contribution in [-0.4, -0.2) is 19.6 Å². The highest BCUT2D eigenvalue weighted by atomic mass is 79.9. The molecule has 0 saturated heterocycles. The van der Waals surface area contributed by atoms with Gasteiger partial charge in [-0.15, -0.1) is 0 Å². The summed E-state index contributed by atoms with van der Waals surface area (Å²) in [7, 11) is 1.63. The molecule has 0 spiro atoms. The van der Waals surface area contributed by atoms with Crippen LogP contribution in [0.4, 0.5) is 0 Å². The first-order valence-electron chi connectivity index (χ1n) is 8.40. The number of amides is 1. The first-order chi connectivity index (χ1) is 12.4. The summed E-state index contributed by atoms with van der Waals surface area (Å²) in [6.07, 6.45) is 0.836. The van der Waals surface area contributed by atoms with Crippen LogP contribution >= 0.6 is 27.5 Å². The quantitative estimate of drug-likeness (QED) is 0.598. The third kappa shape index (κ3) is 6.22. The van der Waals surface area contributed by atoms with Gasteiger partial charge in [-0.3, -0.25) is 4.79 Å². The average molecular weight is 441 g/mol. The lowest BCUT2D eigenvalue weighted by molar-refractivity contribution is -0.124. The van der Waals surface area contributed by atoms with Gasteiger partial charge in [-0.1, -0.05) is 37.6 Å². The molecule has 26 heavy (non-hydrogen) atoms. The lowest BCUT2D eigenvalue weighted by Gasteiger charge is -2.21. The fourth-order valence-electron chi connectivity index (χ4n) is 2.56. The zero-order valence-corrected chi connectivity index (χ0v) is 17.4. The molecule has 140 valence electrons. The van der Waals surface area contributed by atoms with Gasteiger partial charge in [-0.05, 0) is 64.2 Å². The van der Waals surface area contributed by atoms with Gasteiger partial charge in [0, 0.05) is 5.02 Å². The summed E-state index contributed by atoms with van der Waals surface area (Å²) in [5.74, 6) is 1.63. The zero-order chi connectivity index (χ0) is 19.1. The van der Waals surface area contributed by atoms with Crippen LogP contribution in [0.5, 0.6) is 11.5 Å². The van der Waals surface area contributed by atoms with Crippen LogP contribution in [-0.2, 0) is 4.79 Å². The Hall–Kier alpha value is -1.72. The molecule has 2 aromatic carbocycles. The van der Waals surface area contributed by atoms with E-state index in [-0.39, 0.29) is 18.6 Å². The molecule has 4 nitrogen and oxygen atoms in total. The minimum absolute atomic E-state index is 0.0645. The van der Waals surface area contributed by atoms with Crippen LogP contribution in [0, 0.1) is 5.92 Å². The van der Waals surface area contributed by atoms with Crippen molar-refractivity contribution in [1.29, 1.82) is 0 Å². The number of rotatable bonds is 8. The Morgan fingerprint density at radius 3 is 2.46 bits per heavy atom. The molecule has 2 aromatic rings. The Balaban J connectivity index is 2.01. The summed E-state index contributed by atoms with van der Waals surface area (Å²) in [5, 5.41) is 3.66. The van der Waals surface area contributed by atoms with Crippen molar-refractivity contribution in [2.45, 2.75) is 26.3 Å². The summed E-state index contributed by atoms with van der Waals surface area (Å²) >= 11 is 9.29. The summed E-state index contributed by atoms with van der Waals surface area (Å²) in [5.41, 5.74) is 1.04. The van der Waals surface area contributed by atoms with Gasteiger partial charge in [0.2, 0.25) is 0 Å². The van der Waals surface area contributed by atoms with E-state index in [0.717, 1.165) is 17.7 Å². The minimum atomic E-state index is -0.173. The van der Waals surface area contributed by atoms with Gasteiger partial charge < -0.3 is 14.8 Å². The standard InChI is InChI=1S/C20H23BrClNO3/c1-13(2)10-18(14-4-7-16(25-3)8-5-14)23-20(24)12-26-19-9-6-15(22)11-17(19)21/h4-9,11,13,18H,10,12H2,1-3H3,(H,23,24). The van der Waals surface area contributed by atoms with E-state index in [9.17, 15) is 4.79 Å². The van der Waals surface area contributed by atoms with Gasteiger partial charge in [-0.25, -0.2) is 0 Å². The second kappa shape index (κ2) is 9.83. The van der Waals surface area contributed by atoms with Crippen LogP contribution in [0.25, 0.3) is 0 Å². The number of hydrogen-bond acceptors (Lipinski definition) is 3. The molecule has 0 saturated carbocycles. The first-order valence-corrected chi connectivity index (χ1v) is 9.57. The van der Waals surface area contributed by atoms with Crippen molar-refractivity contribution in [2.75, 3.05) is 13.7 Å². The highest BCUT2D eigenvalue weighted by Gasteiger charge is 2.17. The SMILES string of the molecule is COc1ccc(C(CC(C)C)NC(=O)COc2ccc(Cl)cc2Br)cc1. The summed E-state index contributed by atoms with van der Waals surface area (Å²) in [4.78, 5) is 12.4. The zero-order valence-electron chi connectivity index (χ0n) is 15.1. The van der Waals surface area contributed by atoms with Crippen LogP contribution in [0.1, 0.15) is 31.9 Å². The van der Waals surface area contributed by atoms with Crippen LogP contribution < -0.4 is 14.8 Å².